The van der Waals surface area contributed by atoms with E-state index in [9.17, 15) is 4.79 Å². The number of hydrogen-bond donors (Lipinski definition) is 0. The van der Waals surface area contributed by atoms with Crippen molar-refractivity contribution in [3.63, 3.8) is 0 Å². The Balaban J connectivity index is 2.34. The van der Waals surface area contributed by atoms with E-state index in [1.165, 1.54) is 16.6 Å². The summed E-state index contributed by atoms with van der Waals surface area (Å²) in [5, 5.41) is 2.21. The van der Waals surface area contributed by atoms with Gasteiger partial charge in [-0.3, -0.25) is 4.79 Å². The zero-order valence-electron chi connectivity index (χ0n) is 8.29. The normalized spacial score (nSPS) is 9.29. The lowest BCUT2D eigenvalue weighted by Gasteiger charge is -1.88. The maximum absolute atomic E-state index is 10.6. The quantitative estimate of drug-likeness (QED) is 0.567. The van der Waals surface area contributed by atoms with Gasteiger partial charge in [-0.15, -0.1) is 11.3 Å². The number of hydrogen-bond acceptors (Lipinski definition) is 3. The Morgan fingerprint density at radius 3 is 3.00 bits per heavy atom. The highest BCUT2D eigenvalue weighted by molar-refractivity contribution is 8.13. The van der Waals surface area contributed by atoms with Crippen molar-refractivity contribution in [3.8, 4) is 11.8 Å². The topological polar surface area (TPSA) is 17.1 Å². The van der Waals surface area contributed by atoms with Crippen LogP contribution in [-0.4, -0.2) is 10.9 Å². The molecule has 0 radical (unpaired) electrons. The maximum atomic E-state index is 10.6. The first-order valence-electron chi connectivity index (χ1n) is 4.36. The molecule has 0 atom stereocenters. The fourth-order valence-corrected chi connectivity index (χ4v) is 2.06. The van der Waals surface area contributed by atoms with Crippen molar-refractivity contribution in [2.45, 2.75) is 20.3 Å². The van der Waals surface area contributed by atoms with E-state index in [2.05, 4.69) is 18.8 Å². The third kappa shape index (κ3) is 3.99. The molecule has 0 fully saturated rings. The second-order valence-corrected chi connectivity index (χ2v) is 5.17. The van der Waals surface area contributed by atoms with Gasteiger partial charge >= 0.3 is 0 Å². The van der Waals surface area contributed by atoms with Gasteiger partial charge in [0.05, 0.1) is 0 Å². The van der Waals surface area contributed by atoms with Crippen LogP contribution in [0.25, 0.3) is 0 Å². The summed E-state index contributed by atoms with van der Waals surface area (Å²) in [6.45, 7) is 3.65. The Bertz CT molecular complexity index is 368. The molecule has 0 aromatic carbocycles. The number of thiophene rings is 1. The zero-order chi connectivity index (χ0) is 10.4. The standard InChI is InChI=1S/C11H12OS2/c1-9-11(6-8-13-9)5-3-4-7-14-10(2)12/h6,8H,4,7H2,1-2H3. The fourth-order valence-electron chi connectivity index (χ4n) is 0.918. The predicted molar refractivity (Wildman–Crippen MR) is 63.7 cm³/mol. The highest BCUT2D eigenvalue weighted by atomic mass is 32.2. The average molecular weight is 224 g/mol. The molecule has 0 aliphatic carbocycles. The van der Waals surface area contributed by atoms with E-state index in [1.54, 1.807) is 18.3 Å². The first-order valence-corrected chi connectivity index (χ1v) is 6.23. The van der Waals surface area contributed by atoms with E-state index >= 15 is 0 Å². The van der Waals surface area contributed by atoms with Gasteiger partial charge < -0.3 is 0 Å². The van der Waals surface area contributed by atoms with Crippen LogP contribution in [0, 0.1) is 18.8 Å². The van der Waals surface area contributed by atoms with Crippen LogP contribution in [0.4, 0.5) is 0 Å². The second-order valence-electron chi connectivity index (χ2n) is 2.78. The Morgan fingerprint density at radius 2 is 2.43 bits per heavy atom. The summed E-state index contributed by atoms with van der Waals surface area (Å²) in [7, 11) is 0. The zero-order valence-corrected chi connectivity index (χ0v) is 9.93. The summed E-state index contributed by atoms with van der Waals surface area (Å²) in [5.74, 6) is 6.97. The van der Waals surface area contributed by atoms with Gasteiger partial charge in [0.1, 0.15) is 0 Å². The Morgan fingerprint density at radius 1 is 1.64 bits per heavy atom. The molecule has 0 unspecified atom stereocenters. The molecule has 1 heterocycles. The first kappa shape index (κ1) is 11.4. The molecule has 0 amide bonds. The summed E-state index contributed by atoms with van der Waals surface area (Å²) in [6, 6.07) is 2.03. The summed E-state index contributed by atoms with van der Waals surface area (Å²) < 4.78 is 0. The van der Waals surface area contributed by atoms with Crippen LogP contribution >= 0.6 is 23.1 Å². The van der Waals surface area contributed by atoms with Crippen LogP contribution in [-0.2, 0) is 4.79 Å². The number of thioether (sulfide) groups is 1. The molecule has 14 heavy (non-hydrogen) atoms. The van der Waals surface area contributed by atoms with Crippen molar-refractivity contribution >= 4 is 28.2 Å². The molecule has 0 N–H and O–H groups in total. The third-order valence-corrected chi connectivity index (χ3v) is 3.27. The van der Waals surface area contributed by atoms with Crippen molar-refractivity contribution in [2.24, 2.45) is 0 Å². The largest absolute Gasteiger partial charge is 0.288 e. The highest BCUT2D eigenvalue weighted by Gasteiger charge is 1.93. The predicted octanol–water partition coefficient (Wildman–Crippen LogP) is 3.08. The Kier molecular flexibility index (Phi) is 4.78. The molecule has 74 valence electrons. The minimum atomic E-state index is 0.165. The van der Waals surface area contributed by atoms with E-state index < -0.39 is 0 Å². The van der Waals surface area contributed by atoms with Crippen molar-refractivity contribution in [1.82, 2.24) is 0 Å². The molecule has 0 saturated carbocycles. The molecular formula is C11H12OS2. The van der Waals surface area contributed by atoms with Gasteiger partial charge in [0.25, 0.3) is 0 Å². The molecule has 0 aliphatic rings. The van der Waals surface area contributed by atoms with Crippen LogP contribution in [0.1, 0.15) is 23.8 Å². The van der Waals surface area contributed by atoms with Crippen LogP contribution in [0.3, 0.4) is 0 Å². The minimum Gasteiger partial charge on any atom is -0.288 e. The molecule has 1 aromatic rings. The van der Waals surface area contributed by atoms with E-state index in [4.69, 9.17) is 0 Å². The minimum absolute atomic E-state index is 0.165. The molecule has 3 heteroatoms. The first-order chi connectivity index (χ1) is 6.70. The van der Waals surface area contributed by atoms with Gasteiger partial charge in [-0.05, 0) is 18.4 Å². The summed E-state index contributed by atoms with van der Waals surface area (Å²) in [6.07, 6.45) is 0.777. The molecular weight excluding hydrogens is 212 g/mol. The summed E-state index contributed by atoms with van der Waals surface area (Å²) >= 11 is 3.05. The highest BCUT2D eigenvalue weighted by Crippen LogP contribution is 2.13. The summed E-state index contributed by atoms with van der Waals surface area (Å²) in [5.41, 5.74) is 1.11. The van der Waals surface area contributed by atoms with Gasteiger partial charge in [-0.1, -0.05) is 23.6 Å². The van der Waals surface area contributed by atoms with E-state index in [0.717, 1.165) is 17.7 Å². The van der Waals surface area contributed by atoms with Crippen LogP contribution in [0.2, 0.25) is 0 Å². The van der Waals surface area contributed by atoms with Crippen LogP contribution in [0.15, 0.2) is 11.4 Å². The van der Waals surface area contributed by atoms with Gasteiger partial charge in [0.2, 0.25) is 0 Å². The van der Waals surface area contributed by atoms with Crippen LogP contribution in [0.5, 0.6) is 0 Å². The van der Waals surface area contributed by atoms with E-state index in [-0.39, 0.29) is 5.12 Å². The lowest BCUT2D eigenvalue weighted by atomic mass is 10.3. The molecule has 1 rings (SSSR count). The van der Waals surface area contributed by atoms with Crippen molar-refractivity contribution in [2.75, 3.05) is 5.75 Å². The Labute approximate surface area is 92.9 Å². The van der Waals surface area contributed by atoms with Gasteiger partial charge in [0, 0.05) is 29.5 Å². The number of rotatable bonds is 2. The lowest BCUT2D eigenvalue weighted by Crippen LogP contribution is -1.84. The number of aryl methyl sites for hydroxylation is 1. The van der Waals surface area contributed by atoms with Gasteiger partial charge in [-0.2, -0.15) is 0 Å². The van der Waals surface area contributed by atoms with Crippen molar-refractivity contribution in [3.05, 3.63) is 21.9 Å². The smallest absolute Gasteiger partial charge is 0.185 e. The van der Waals surface area contributed by atoms with Crippen molar-refractivity contribution in [1.29, 1.82) is 0 Å². The molecule has 0 aliphatic heterocycles. The monoisotopic (exact) mass is 224 g/mol. The van der Waals surface area contributed by atoms with E-state index in [0.29, 0.717) is 0 Å². The third-order valence-electron chi connectivity index (χ3n) is 1.61. The average Bonchev–Trinajstić information content (AvgIpc) is 2.51. The second kappa shape index (κ2) is 5.90. The van der Waals surface area contributed by atoms with Gasteiger partial charge in [0.15, 0.2) is 5.12 Å². The molecule has 1 aromatic heterocycles. The maximum Gasteiger partial charge on any atom is 0.185 e. The number of carbonyl (C=O) groups excluding carboxylic acids is 1. The molecule has 0 bridgehead atoms. The summed E-state index contributed by atoms with van der Waals surface area (Å²) in [4.78, 5) is 11.9. The van der Waals surface area contributed by atoms with Gasteiger partial charge in [-0.25, -0.2) is 0 Å². The van der Waals surface area contributed by atoms with Crippen molar-refractivity contribution < 1.29 is 4.79 Å². The number of carbonyl (C=O) groups is 1. The molecule has 0 spiro atoms. The fraction of sp³-hybridized carbons (Fsp3) is 0.364. The Hall–Kier alpha value is -0.720. The van der Waals surface area contributed by atoms with E-state index in [1.807, 2.05) is 11.4 Å². The van der Waals surface area contributed by atoms with Crippen LogP contribution < -0.4 is 0 Å². The SMILES string of the molecule is CC(=O)SCCC#Cc1ccsc1C. The lowest BCUT2D eigenvalue weighted by molar-refractivity contribution is -0.109. The molecule has 1 nitrogen and oxygen atoms in total. The molecule has 0 saturated heterocycles.